The molecule has 50 heavy (non-hydrogen) atoms. The Kier molecular flexibility index (Phi) is 6.41. The van der Waals surface area contributed by atoms with E-state index in [4.69, 9.17) is 0 Å². The van der Waals surface area contributed by atoms with Gasteiger partial charge in [0.2, 0.25) is 0 Å². The summed E-state index contributed by atoms with van der Waals surface area (Å²) < 4.78 is 0. The molecule has 2 aliphatic carbocycles. The lowest BCUT2D eigenvalue weighted by Gasteiger charge is -2.20. The molecule has 0 atom stereocenters. The van der Waals surface area contributed by atoms with Crippen LogP contribution in [0.2, 0.25) is 0 Å². The molecule has 11 rings (SSSR count). The molecular formula is C50H34. The third-order valence-electron chi connectivity index (χ3n) is 10.8. The summed E-state index contributed by atoms with van der Waals surface area (Å²) >= 11 is 0. The fraction of sp³-hybridized carbons (Fsp3) is 0.0400. The summed E-state index contributed by atoms with van der Waals surface area (Å²) in [7, 11) is 0. The SMILES string of the molecule is CC.c1ccc(-c2c3c(c(-c4ccccc4)c4ccccc24)-c2ccc(-c4ccc5c6c(cccc46)-c4ccccc4-5)c4cccc-3c24)cc1. The Morgan fingerprint density at radius 3 is 1.10 bits per heavy atom. The van der Waals surface area contributed by atoms with Gasteiger partial charge in [-0.1, -0.05) is 184 Å². The van der Waals surface area contributed by atoms with E-state index in [2.05, 4.69) is 170 Å². The van der Waals surface area contributed by atoms with E-state index < -0.39 is 0 Å². The average molecular weight is 635 g/mol. The largest absolute Gasteiger partial charge is 0.0683 e. The molecule has 0 radical (unpaired) electrons. The van der Waals surface area contributed by atoms with Crippen LogP contribution in [0, 0.1) is 0 Å². The normalized spacial score (nSPS) is 11.8. The molecule has 2 aliphatic rings. The van der Waals surface area contributed by atoms with Crippen molar-refractivity contribution < 1.29 is 0 Å². The van der Waals surface area contributed by atoms with Crippen molar-refractivity contribution in [2.24, 2.45) is 0 Å². The van der Waals surface area contributed by atoms with Gasteiger partial charge >= 0.3 is 0 Å². The minimum atomic E-state index is 1.25. The average Bonchev–Trinajstić information content (AvgIpc) is 3.70. The molecule has 0 saturated heterocycles. The zero-order chi connectivity index (χ0) is 33.3. The van der Waals surface area contributed by atoms with Gasteiger partial charge in [0.25, 0.3) is 0 Å². The lowest BCUT2D eigenvalue weighted by atomic mass is 9.82. The van der Waals surface area contributed by atoms with Crippen LogP contribution in [-0.2, 0) is 0 Å². The first kappa shape index (κ1) is 28.7. The number of hydrogen-bond donors (Lipinski definition) is 0. The Labute approximate surface area is 292 Å². The lowest BCUT2D eigenvalue weighted by Crippen LogP contribution is -1.93. The van der Waals surface area contributed by atoms with Crippen molar-refractivity contribution in [3.05, 3.63) is 170 Å². The number of benzene rings is 9. The summed E-state index contributed by atoms with van der Waals surface area (Å²) in [6, 6.07) is 63.0. The summed E-state index contributed by atoms with van der Waals surface area (Å²) in [4.78, 5) is 0. The van der Waals surface area contributed by atoms with Gasteiger partial charge in [0.1, 0.15) is 0 Å². The summed E-state index contributed by atoms with van der Waals surface area (Å²) in [6.45, 7) is 4.00. The highest BCUT2D eigenvalue weighted by atomic mass is 14.3. The Hall–Kier alpha value is -6.24. The van der Waals surface area contributed by atoms with E-state index in [9.17, 15) is 0 Å². The maximum absolute atomic E-state index is 2.40. The third kappa shape index (κ3) is 3.88. The molecule has 9 aromatic carbocycles. The highest BCUT2D eigenvalue weighted by Crippen LogP contribution is 2.59. The zero-order valence-corrected chi connectivity index (χ0v) is 28.2. The quantitative estimate of drug-likeness (QED) is 0.181. The van der Waals surface area contributed by atoms with E-state index in [1.54, 1.807) is 0 Å². The summed E-state index contributed by atoms with van der Waals surface area (Å²) in [5.41, 5.74) is 18.4. The topological polar surface area (TPSA) is 0 Å². The second-order valence-corrected chi connectivity index (χ2v) is 13.1. The Morgan fingerprint density at radius 2 is 0.560 bits per heavy atom. The molecule has 0 heterocycles. The van der Waals surface area contributed by atoms with Gasteiger partial charge < -0.3 is 0 Å². The fourth-order valence-corrected chi connectivity index (χ4v) is 8.89. The van der Waals surface area contributed by atoms with E-state index in [1.807, 2.05) is 13.8 Å². The summed E-state index contributed by atoms with van der Waals surface area (Å²) in [5, 5.41) is 7.92. The van der Waals surface area contributed by atoms with Crippen LogP contribution >= 0.6 is 0 Å². The molecule has 9 aromatic rings. The molecule has 234 valence electrons. The van der Waals surface area contributed by atoms with Crippen molar-refractivity contribution in [2.45, 2.75) is 13.8 Å². The van der Waals surface area contributed by atoms with Crippen LogP contribution in [0.15, 0.2) is 170 Å². The van der Waals surface area contributed by atoms with Gasteiger partial charge in [-0.2, -0.15) is 0 Å². The van der Waals surface area contributed by atoms with Crippen LogP contribution in [0.5, 0.6) is 0 Å². The Bertz CT molecular complexity index is 2680. The molecule has 0 fully saturated rings. The van der Waals surface area contributed by atoms with Crippen LogP contribution in [0.3, 0.4) is 0 Å². The minimum Gasteiger partial charge on any atom is -0.0683 e. The third-order valence-corrected chi connectivity index (χ3v) is 10.8. The highest BCUT2D eigenvalue weighted by molar-refractivity contribution is 6.29. The van der Waals surface area contributed by atoms with Gasteiger partial charge in [-0.25, -0.2) is 0 Å². The highest BCUT2D eigenvalue weighted by Gasteiger charge is 2.31. The minimum absolute atomic E-state index is 1.25. The van der Waals surface area contributed by atoms with E-state index in [0.29, 0.717) is 0 Å². The van der Waals surface area contributed by atoms with Crippen molar-refractivity contribution in [3.63, 3.8) is 0 Å². The molecule has 0 N–H and O–H groups in total. The van der Waals surface area contributed by atoms with Gasteiger partial charge in [0.05, 0.1) is 0 Å². The Morgan fingerprint density at radius 1 is 0.220 bits per heavy atom. The molecule has 0 nitrogen and oxygen atoms in total. The van der Waals surface area contributed by atoms with Gasteiger partial charge in [-0.3, -0.25) is 0 Å². The maximum Gasteiger partial charge on any atom is -0.000741 e. The fourth-order valence-electron chi connectivity index (χ4n) is 8.89. The molecular weight excluding hydrogens is 601 g/mol. The second kappa shape index (κ2) is 11.2. The van der Waals surface area contributed by atoms with Crippen LogP contribution in [-0.4, -0.2) is 0 Å². The molecule has 0 spiro atoms. The van der Waals surface area contributed by atoms with Gasteiger partial charge in [0, 0.05) is 0 Å². The van der Waals surface area contributed by atoms with Gasteiger partial charge in [0.15, 0.2) is 0 Å². The van der Waals surface area contributed by atoms with Crippen LogP contribution in [0.1, 0.15) is 13.8 Å². The lowest BCUT2D eigenvalue weighted by molar-refractivity contribution is 1.50. The van der Waals surface area contributed by atoms with Crippen molar-refractivity contribution >= 4 is 32.3 Å². The monoisotopic (exact) mass is 634 g/mol. The molecule has 0 heteroatoms. The van der Waals surface area contributed by atoms with Crippen molar-refractivity contribution in [1.29, 1.82) is 0 Å². The van der Waals surface area contributed by atoms with E-state index >= 15 is 0 Å². The molecule has 0 saturated carbocycles. The molecule has 0 bridgehead atoms. The molecule has 0 aliphatic heterocycles. The van der Waals surface area contributed by atoms with Gasteiger partial charge in [-0.15, -0.1) is 0 Å². The number of rotatable bonds is 3. The number of hydrogen-bond acceptors (Lipinski definition) is 0. The zero-order valence-electron chi connectivity index (χ0n) is 28.2. The maximum atomic E-state index is 2.40. The van der Waals surface area contributed by atoms with Crippen LogP contribution in [0.4, 0.5) is 0 Å². The molecule has 0 unspecified atom stereocenters. The first-order valence-corrected chi connectivity index (χ1v) is 17.8. The van der Waals surface area contributed by atoms with E-state index in [0.717, 1.165) is 0 Å². The van der Waals surface area contributed by atoms with Crippen molar-refractivity contribution in [3.8, 4) is 77.9 Å². The van der Waals surface area contributed by atoms with Crippen LogP contribution in [0.25, 0.3) is 110 Å². The first-order chi connectivity index (χ1) is 24.9. The Balaban J connectivity index is 0.00000156. The first-order valence-electron chi connectivity index (χ1n) is 17.8. The van der Waals surface area contributed by atoms with E-state index in [1.165, 1.54) is 110 Å². The molecule has 0 aromatic heterocycles. The van der Waals surface area contributed by atoms with Gasteiger partial charge in [-0.05, 0) is 110 Å². The summed E-state index contributed by atoms with van der Waals surface area (Å²) in [5.74, 6) is 0. The van der Waals surface area contributed by atoms with Crippen molar-refractivity contribution in [1.82, 2.24) is 0 Å². The van der Waals surface area contributed by atoms with E-state index in [-0.39, 0.29) is 0 Å². The summed E-state index contributed by atoms with van der Waals surface area (Å²) in [6.07, 6.45) is 0. The number of fused-ring (bicyclic) bond motifs is 7. The standard InChI is InChI=1S/C48H28.C2H6/c1-3-13-29(14-4-1)43-38-19-9-10-20-39(38)44(30-15-5-2-6-16-30)48-42-28-26-34(37-23-12-24-41(46(37)42)47(43)48)33-25-27-40-32-18-8-7-17-31(32)35-21-11-22-36(33)45(35)40;1-2/h1-28H;1-2H3. The predicted octanol–water partition coefficient (Wildman–Crippen LogP) is 14.5. The predicted molar refractivity (Wildman–Crippen MR) is 215 cm³/mol. The van der Waals surface area contributed by atoms with Crippen molar-refractivity contribution in [2.75, 3.05) is 0 Å². The molecule has 0 amide bonds. The second-order valence-electron chi connectivity index (χ2n) is 13.1. The van der Waals surface area contributed by atoms with Crippen LogP contribution < -0.4 is 0 Å². The smallest absolute Gasteiger partial charge is 0.000741 e.